The first-order valence-corrected chi connectivity index (χ1v) is 7.03. The van der Waals surface area contributed by atoms with E-state index >= 15 is 0 Å². The van der Waals surface area contributed by atoms with Crippen LogP contribution in [0.4, 0.5) is 5.69 Å². The van der Waals surface area contributed by atoms with Crippen molar-refractivity contribution in [2.75, 3.05) is 12.4 Å². The molecule has 6 heteroatoms. The van der Waals surface area contributed by atoms with Gasteiger partial charge in [0.15, 0.2) is 0 Å². The summed E-state index contributed by atoms with van der Waals surface area (Å²) in [6, 6.07) is 6.16. The van der Waals surface area contributed by atoms with Gasteiger partial charge in [0.2, 0.25) is 5.91 Å². The van der Waals surface area contributed by atoms with Crippen molar-refractivity contribution in [2.45, 2.75) is 25.2 Å². The van der Waals surface area contributed by atoms with Gasteiger partial charge in [-0.3, -0.25) is 8.98 Å². The third-order valence-electron chi connectivity index (χ3n) is 2.69. The topological polar surface area (TPSA) is 72.5 Å². The highest BCUT2D eigenvalue weighted by molar-refractivity contribution is 7.87. The van der Waals surface area contributed by atoms with Crippen LogP contribution in [0.15, 0.2) is 29.2 Å². The predicted molar refractivity (Wildman–Crippen MR) is 68.7 cm³/mol. The highest BCUT2D eigenvalue weighted by atomic mass is 32.2. The summed E-state index contributed by atoms with van der Waals surface area (Å²) in [5.74, 6) is -0.389. The SMILES string of the molecule is CCC(C)C(=O)Nc1ccccc1S(=O)(=O)OC. The van der Waals surface area contributed by atoms with Gasteiger partial charge in [0, 0.05) is 5.92 Å². The number of benzene rings is 1. The Morgan fingerprint density at radius 1 is 1.39 bits per heavy atom. The Morgan fingerprint density at radius 2 is 2.00 bits per heavy atom. The van der Waals surface area contributed by atoms with E-state index in [0.29, 0.717) is 6.42 Å². The molecule has 1 atom stereocenters. The Hall–Kier alpha value is -1.40. The van der Waals surface area contributed by atoms with Gasteiger partial charge in [-0.25, -0.2) is 0 Å². The maximum absolute atomic E-state index is 11.8. The first kappa shape index (κ1) is 14.7. The summed E-state index contributed by atoms with van der Waals surface area (Å²) < 4.78 is 27.8. The standard InChI is InChI=1S/C12H17NO4S/c1-4-9(2)12(14)13-10-7-5-6-8-11(10)18(15,16)17-3/h5-9H,4H2,1-3H3,(H,13,14). The van der Waals surface area contributed by atoms with Crippen LogP contribution in [-0.2, 0) is 19.1 Å². The Labute approximate surface area is 107 Å². The molecule has 0 aliphatic heterocycles. The van der Waals surface area contributed by atoms with Crippen molar-refractivity contribution in [3.63, 3.8) is 0 Å². The van der Waals surface area contributed by atoms with Crippen LogP contribution in [0, 0.1) is 5.92 Å². The molecule has 1 aromatic rings. The lowest BCUT2D eigenvalue weighted by molar-refractivity contribution is -0.119. The van der Waals surface area contributed by atoms with Gasteiger partial charge in [0.05, 0.1) is 12.8 Å². The Morgan fingerprint density at radius 3 is 2.56 bits per heavy atom. The number of rotatable bonds is 5. The lowest BCUT2D eigenvalue weighted by atomic mass is 10.1. The van der Waals surface area contributed by atoms with Gasteiger partial charge in [0.25, 0.3) is 10.1 Å². The summed E-state index contributed by atoms with van der Waals surface area (Å²) in [5, 5.41) is 2.60. The minimum atomic E-state index is -3.82. The van der Waals surface area contributed by atoms with Gasteiger partial charge in [-0.05, 0) is 18.6 Å². The zero-order chi connectivity index (χ0) is 13.8. The molecule has 1 amide bonds. The molecule has 5 nitrogen and oxygen atoms in total. The Balaban J connectivity index is 3.08. The molecule has 1 N–H and O–H groups in total. The summed E-state index contributed by atoms with van der Waals surface area (Å²) in [4.78, 5) is 11.7. The van der Waals surface area contributed by atoms with Crippen LogP contribution >= 0.6 is 0 Å². The molecule has 0 bridgehead atoms. The van der Waals surface area contributed by atoms with Crippen LogP contribution in [-0.4, -0.2) is 21.4 Å². The zero-order valence-corrected chi connectivity index (χ0v) is 11.5. The third-order valence-corrected chi connectivity index (χ3v) is 4.03. The van der Waals surface area contributed by atoms with Crippen molar-refractivity contribution in [1.82, 2.24) is 0 Å². The molecule has 0 aliphatic rings. The van der Waals surface area contributed by atoms with Crippen LogP contribution in [0.25, 0.3) is 0 Å². The van der Waals surface area contributed by atoms with Crippen LogP contribution in [0.2, 0.25) is 0 Å². The minimum absolute atomic E-state index is 0.0378. The number of hydrogen-bond acceptors (Lipinski definition) is 4. The van der Waals surface area contributed by atoms with Crippen molar-refractivity contribution >= 4 is 21.7 Å². The summed E-state index contributed by atoms with van der Waals surface area (Å²) in [6.07, 6.45) is 0.686. The molecule has 0 saturated heterocycles. The molecule has 18 heavy (non-hydrogen) atoms. The third kappa shape index (κ3) is 3.30. The second-order valence-electron chi connectivity index (χ2n) is 3.92. The van der Waals surface area contributed by atoms with E-state index in [2.05, 4.69) is 9.50 Å². The summed E-state index contributed by atoms with van der Waals surface area (Å²) >= 11 is 0. The summed E-state index contributed by atoms with van der Waals surface area (Å²) in [6.45, 7) is 3.67. The van der Waals surface area contributed by atoms with E-state index in [0.717, 1.165) is 7.11 Å². The van der Waals surface area contributed by atoms with Crippen molar-refractivity contribution in [1.29, 1.82) is 0 Å². The highest BCUT2D eigenvalue weighted by Gasteiger charge is 2.20. The Kier molecular flexibility index (Phi) is 4.86. The summed E-state index contributed by atoms with van der Waals surface area (Å²) in [7, 11) is -2.74. The average Bonchev–Trinajstić information content (AvgIpc) is 2.38. The first-order valence-electron chi connectivity index (χ1n) is 5.63. The number of para-hydroxylation sites is 1. The smallest absolute Gasteiger partial charge is 0.298 e. The maximum atomic E-state index is 11.8. The number of hydrogen-bond donors (Lipinski definition) is 1. The molecule has 1 unspecified atom stereocenters. The van der Waals surface area contributed by atoms with Gasteiger partial charge < -0.3 is 5.32 Å². The molecule has 1 aromatic carbocycles. The predicted octanol–water partition coefficient (Wildman–Crippen LogP) is 2.01. The molecule has 0 fully saturated rings. The normalized spacial score (nSPS) is 13.1. The van der Waals surface area contributed by atoms with Crippen molar-refractivity contribution < 1.29 is 17.4 Å². The van der Waals surface area contributed by atoms with Crippen LogP contribution in [0.5, 0.6) is 0 Å². The van der Waals surface area contributed by atoms with Crippen LogP contribution in [0.1, 0.15) is 20.3 Å². The van der Waals surface area contributed by atoms with Gasteiger partial charge in [-0.2, -0.15) is 8.42 Å². The van der Waals surface area contributed by atoms with Crippen molar-refractivity contribution in [3.05, 3.63) is 24.3 Å². The second-order valence-corrected chi connectivity index (χ2v) is 5.60. The van der Waals surface area contributed by atoms with Crippen molar-refractivity contribution in [3.8, 4) is 0 Å². The zero-order valence-electron chi connectivity index (χ0n) is 10.6. The van der Waals surface area contributed by atoms with Gasteiger partial charge >= 0.3 is 0 Å². The van der Waals surface area contributed by atoms with E-state index in [1.807, 2.05) is 6.92 Å². The quantitative estimate of drug-likeness (QED) is 0.831. The number of carbonyl (C=O) groups is 1. The molecule has 0 spiro atoms. The lowest BCUT2D eigenvalue weighted by Gasteiger charge is -2.13. The number of carbonyl (C=O) groups excluding carboxylic acids is 1. The molecular formula is C12H17NO4S. The highest BCUT2D eigenvalue weighted by Crippen LogP contribution is 2.23. The van der Waals surface area contributed by atoms with Gasteiger partial charge in [0.1, 0.15) is 4.90 Å². The Bertz CT molecular complexity index is 525. The fraction of sp³-hybridized carbons (Fsp3) is 0.417. The van der Waals surface area contributed by atoms with E-state index in [4.69, 9.17) is 0 Å². The second kappa shape index (κ2) is 5.97. The fourth-order valence-corrected chi connectivity index (χ4v) is 2.13. The minimum Gasteiger partial charge on any atom is -0.325 e. The first-order chi connectivity index (χ1) is 8.42. The fourth-order valence-electron chi connectivity index (χ4n) is 1.32. The largest absolute Gasteiger partial charge is 0.325 e. The number of nitrogens with one attached hydrogen (secondary N) is 1. The van der Waals surface area contributed by atoms with Gasteiger partial charge in [-0.1, -0.05) is 26.0 Å². The molecule has 0 radical (unpaired) electrons. The average molecular weight is 271 g/mol. The molecule has 0 heterocycles. The lowest BCUT2D eigenvalue weighted by Crippen LogP contribution is -2.21. The van der Waals surface area contributed by atoms with Crippen LogP contribution in [0.3, 0.4) is 0 Å². The number of amides is 1. The molecule has 0 saturated carbocycles. The van der Waals surface area contributed by atoms with E-state index < -0.39 is 10.1 Å². The van der Waals surface area contributed by atoms with E-state index in [-0.39, 0.29) is 22.4 Å². The van der Waals surface area contributed by atoms with E-state index in [9.17, 15) is 13.2 Å². The van der Waals surface area contributed by atoms with Gasteiger partial charge in [-0.15, -0.1) is 0 Å². The molecule has 100 valence electrons. The maximum Gasteiger partial charge on any atom is 0.298 e. The molecule has 1 rings (SSSR count). The van der Waals surface area contributed by atoms with Crippen molar-refractivity contribution in [2.24, 2.45) is 5.92 Å². The van der Waals surface area contributed by atoms with E-state index in [1.165, 1.54) is 12.1 Å². The molecular weight excluding hydrogens is 254 g/mol. The molecule has 0 aliphatic carbocycles. The summed E-state index contributed by atoms with van der Waals surface area (Å²) in [5.41, 5.74) is 0.240. The van der Waals surface area contributed by atoms with Crippen LogP contribution < -0.4 is 5.32 Å². The number of anilines is 1. The van der Waals surface area contributed by atoms with E-state index in [1.54, 1.807) is 19.1 Å². The monoisotopic (exact) mass is 271 g/mol. The molecule has 0 aromatic heterocycles.